The Labute approximate surface area is 246 Å². The number of alkyl halides is 3. The fourth-order valence-corrected chi connectivity index (χ4v) is 5.17. The van der Waals surface area contributed by atoms with Crippen molar-refractivity contribution in [1.29, 1.82) is 5.26 Å². The van der Waals surface area contributed by atoms with Crippen LogP contribution in [0.1, 0.15) is 43.7 Å². The fourth-order valence-electron chi connectivity index (χ4n) is 5.17. The average molecular weight is 582 g/mol. The van der Waals surface area contributed by atoms with Crippen molar-refractivity contribution >= 4 is 17.8 Å². The number of benzene rings is 4. The van der Waals surface area contributed by atoms with Crippen molar-refractivity contribution in [3.05, 3.63) is 142 Å². The third-order valence-corrected chi connectivity index (χ3v) is 7.31. The van der Waals surface area contributed by atoms with Gasteiger partial charge in [-0.3, -0.25) is 14.5 Å². The smallest absolute Gasteiger partial charge is 0.369 e. The Kier molecular flexibility index (Phi) is 7.74. The lowest BCUT2D eigenvalue weighted by atomic mass is 9.83. The highest BCUT2D eigenvalue weighted by Crippen LogP contribution is 2.40. The van der Waals surface area contributed by atoms with E-state index >= 15 is 0 Å². The molecule has 0 spiro atoms. The number of guanidine groups is 1. The molecule has 10 heteroatoms. The molecule has 5 rings (SSSR count). The molecule has 216 valence electrons. The zero-order valence-electron chi connectivity index (χ0n) is 23.0. The van der Waals surface area contributed by atoms with E-state index < -0.39 is 34.7 Å². The highest BCUT2D eigenvalue weighted by molar-refractivity contribution is 6.09. The van der Waals surface area contributed by atoms with E-state index in [9.17, 15) is 22.8 Å². The minimum atomic E-state index is -4.79. The summed E-state index contributed by atoms with van der Waals surface area (Å²) in [4.78, 5) is 34.5. The number of hydrogen-bond acceptors (Lipinski definition) is 5. The summed E-state index contributed by atoms with van der Waals surface area (Å²) in [5.74, 6) is -1.41. The van der Waals surface area contributed by atoms with Crippen LogP contribution in [0.3, 0.4) is 0 Å². The number of nitriles is 1. The van der Waals surface area contributed by atoms with Crippen LogP contribution < -0.4 is 5.73 Å². The first-order valence-corrected chi connectivity index (χ1v) is 13.3. The maximum Gasteiger partial charge on any atom is 0.417 e. The van der Waals surface area contributed by atoms with Crippen LogP contribution in [-0.4, -0.2) is 34.6 Å². The molecule has 1 aliphatic heterocycles. The Balaban J connectivity index is 1.48. The quantitative estimate of drug-likeness (QED) is 0.314. The summed E-state index contributed by atoms with van der Waals surface area (Å²) >= 11 is 0. The lowest BCUT2D eigenvalue weighted by Crippen LogP contribution is -2.43. The predicted molar refractivity (Wildman–Crippen MR) is 154 cm³/mol. The molecule has 2 amide bonds. The minimum Gasteiger partial charge on any atom is -0.369 e. The third kappa shape index (κ3) is 5.57. The number of rotatable bonds is 7. The average Bonchev–Trinajstić information content (AvgIpc) is 3.27. The van der Waals surface area contributed by atoms with Crippen molar-refractivity contribution < 1.29 is 22.8 Å². The van der Waals surface area contributed by atoms with Crippen LogP contribution >= 0.6 is 0 Å². The summed E-state index contributed by atoms with van der Waals surface area (Å²) in [6.45, 7) is -0.180. The van der Waals surface area contributed by atoms with Gasteiger partial charge in [-0.15, -0.1) is 0 Å². The van der Waals surface area contributed by atoms with Crippen LogP contribution in [0, 0.1) is 11.3 Å². The molecule has 43 heavy (non-hydrogen) atoms. The molecule has 0 bridgehead atoms. The van der Waals surface area contributed by atoms with Crippen LogP contribution in [0.4, 0.5) is 13.2 Å². The molecule has 0 radical (unpaired) electrons. The Hall–Kier alpha value is -5.43. The molecule has 0 fully saturated rings. The van der Waals surface area contributed by atoms with Crippen LogP contribution in [0.15, 0.2) is 108 Å². The molecule has 0 aliphatic carbocycles. The van der Waals surface area contributed by atoms with Gasteiger partial charge in [-0.25, -0.2) is 4.99 Å². The first-order valence-electron chi connectivity index (χ1n) is 13.3. The van der Waals surface area contributed by atoms with E-state index in [0.717, 1.165) is 12.1 Å². The number of nitrogens with two attached hydrogens (primary N) is 1. The first-order chi connectivity index (χ1) is 20.5. The number of halogens is 3. The van der Waals surface area contributed by atoms with Gasteiger partial charge in [0.25, 0.3) is 11.8 Å². The molecule has 1 aliphatic rings. The van der Waals surface area contributed by atoms with E-state index in [4.69, 9.17) is 11.0 Å². The van der Waals surface area contributed by atoms with Gasteiger partial charge in [-0.1, -0.05) is 78.9 Å². The van der Waals surface area contributed by atoms with Gasteiger partial charge in [-0.05, 0) is 46.5 Å². The number of aliphatic imine (C=N–C) groups is 1. The van der Waals surface area contributed by atoms with Crippen LogP contribution in [0.2, 0.25) is 0 Å². The van der Waals surface area contributed by atoms with Crippen molar-refractivity contribution in [2.24, 2.45) is 10.7 Å². The van der Waals surface area contributed by atoms with Crippen LogP contribution in [-0.2, 0) is 29.6 Å². The zero-order chi connectivity index (χ0) is 30.8. The van der Waals surface area contributed by atoms with Crippen molar-refractivity contribution in [2.75, 3.05) is 7.05 Å². The number of carbonyl (C=O) groups excluding carboxylic acids is 2. The van der Waals surface area contributed by atoms with Crippen molar-refractivity contribution in [3.63, 3.8) is 0 Å². The van der Waals surface area contributed by atoms with Gasteiger partial charge < -0.3 is 10.6 Å². The van der Waals surface area contributed by atoms with E-state index in [1.165, 1.54) is 22.9 Å². The maximum atomic E-state index is 14.1. The highest BCUT2D eigenvalue weighted by atomic mass is 19.4. The summed E-state index contributed by atoms with van der Waals surface area (Å²) in [5, 5.41) is 9.00. The number of amides is 2. The normalized spacial score (nSPS) is 14.3. The minimum absolute atomic E-state index is 0.0208. The van der Waals surface area contributed by atoms with Gasteiger partial charge in [0.2, 0.25) is 0 Å². The maximum absolute atomic E-state index is 14.1. The van der Waals surface area contributed by atoms with Crippen LogP contribution in [0.25, 0.3) is 0 Å². The Bertz CT molecular complexity index is 1690. The Morgan fingerprint density at radius 1 is 0.930 bits per heavy atom. The second-order valence-corrected chi connectivity index (χ2v) is 10.2. The van der Waals surface area contributed by atoms with Crippen LogP contribution in [0.5, 0.6) is 0 Å². The standard InChI is InChI=1S/C33H26F3N5O2/c1-40(20-23-14-12-22(19-37)13-15-23)29(42)27-18-24(16-17-28(27)33(34,35)36)21-41-30(43)32(39-31(41)38,25-8-4-2-5-9-25)26-10-6-3-7-11-26/h2-18H,20-21H2,1H3,(H2,38,39). The molecule has 0 saturated heterocycles. The summed E-state index contributed by atoms with van der Waals surface area (Å²) in [6, 6.07) is 29.4. The van der Waals surface area contributed by atoms with Gasteiger partial charge in [0.1, 0.15) is 0 Å². The SMILES string of the molecule is CN(Cc1ccc(C#N)cc1)C(=O)c1cc(CN2C(=O)C(c3ccccc3)(c3ccccc3)N=C2N)ccc1C(F)(F)F. The Morgan fingerprint density at radius 2 is 1.49 bits per heavy atom. The molecule has 4 aromatic carbocycles. The van der Waals surface area contributed by atoms with Gasteiger partial charge in [0.05, 0.1) is 29.3 Å². The number of carbonyl (C=O) groups is 2. The summed E-state index contributed by atoms with van der Waals surface area (Å²) in [7, 11) is 1.40. The molecule has 0 atom stereocenters. The molecule has 0 unspecified atom stereocenters. The zero-order valence-corrected chi connectivity index (χ0v) is 23.0. The molecule has 1 heterocycles. The summed E-state index contributed by atoms with van der Waals surface area (Å²) < 4.78 is 42.0. The molecule has 0 aromatic heterocycles. The van der Waals surface area contributed by atoms with Gasteiger partial charge >= 0.3 is 6.18 Å². The molecular formula is C33H26F3N5O2. The summed E-state index contributed by atoms with van der Waals surface area (Å²) in [6.07, 6.45) is -4.79. The second-order valence-electron chi connectivity index (χ2n) is 10.2. The van der Waals surface area contributed by atoms with E-state index in [2.05, 4.69) is 4.99 Å². The molecular weight excluding hydrogens is 555 g/mol. The molecule has 4 aromatic rings. The lowest BCUT2D eigenvalue weighted by molar-refractivity contribution is -0.138. The number of hydrogen-bond donors (Lipinski definition) is 1. The molecule has 0 saturated carbocycles. The van der Waals surface area contributed by atoms with E-state index in [-0.39, 0.29) is 24.6 Å². The van der Waals surface area contributed by atoms with E-state index in [0.29, 0.717) is 22.3 Å². The lowest BCUT2D eigenvalue weighted by Gasteiger charge is -2.27. The topological polar surface area (TPSA) is 103 Å². The third-order valence-electron chi connectivity index (χ3n) is 7.31. The predicted octanol–water partition coefficient (Wildman–Crippen LogP) is 5.45. The highest BCUT2D eigenvalue weighted by Gasteiger charge is 2.50. The van der Waals surface area contributed by atoms with E-state index in [1.807, 2.05) is 18.2 Å². The van der Waals surface area contributed by atoms with Gasteiger partial charge in [0.15, 0.2) is 11.5 Å². The molecule has 2 N–H and O–H groups in total. The van der Waals surface area contributed by atoms with Gasteiger partial charge in [0, 0.05) is 13.6 Å². The second kappa shape index (κ2) is 11.4. The van der Waals surface area contributed by atoms with Crippen molar-refractivity contribution in [2.45, 2.75) is 24.8 Å². The van der Waals surface area contributed by atoms with E-state index in [1.54, 1.807) is 72.8 Å². The largest absolute Gasteiger partial charge is 0.417 e. The fraction of sp³-hybridized carbons (Fsp3) is 0.152. The van der Waals surface area contributed by atoms with Crippen molar-refractivity contribution in [1.82, 2.24) is 9.80 Å². The molecule has 7 nitrogen and oxygen atoms in total. The first kappa shape index (κ1) is 29.1. The summed E-state index contributed by atoms with van der Waals surface area (Å²) in [5.41, 5.74) is 5.69. The van der Waals surface area contributed by atoms with Gasteiger partial charge in [-0.2, -0.15) is 18.4 Å². The Morgan fingerprint density at radius 3 is 2.02 bits per heavy atom. The number of nitrogens with zero attached hydrogens (tertiary/aromatic N) is 4. The van der Waals surface area contributed by atoms with Crippen molar-refractivity contribution in [3.8, 4) is 6.07 Å². The monoisotopic (exact) mass is 581 g/mol.